The van der Waals surface area contributed by atoms with E-state index in [0.29, 0.717) is 0 Å². The van der Waals surface area contributed by atoms with Crippen LogP contribution < -0.4 is 4.74 Å². The highest BCUT2D eigenvalue weighted by Crippen LogP contribution is 2.49. The lowest BCUT2D eigenvalue weighted by molar-refractivity contribution is 0.253. The summed E-state index contributed by atoms with van der Waals surface area (Å²) in [5, 5.41) is 0. The first kappa shape index (κ1) is 12.3. The average molecular weight is 296 g/mol. The quantitative estimate of drug-likeness (QED) is 0.632. The molecule has 4 heteroatoms. The van der Waals surface area contributed by atoms with Crippen LogP contribution in [0.5, 0.6) is 5.75 Å². The summed E-state index contributed by atoms with van der Waals surface area (Å²) in [4.78, 5) is 14.6. The van der Waals surface area contributed by atoms with Crippen LogP contribution in [0.1, 0.15) is 30.4 Å². The molecule has 0 atom stereocenters. The van der Waals surface area contributed by atoms with Crippen molar-refractivity contribution in [2.24, 2.45) is 4.99 Å². The van der Waals surface area contributed by atoms with Crippen molar-refractivity contribution in [1.82, 2.24) is 0 Å². The molecule has 1 aliphatic carbocycles. The summed E-state index contributed by atoms with van der Waals surface area (Å²) in [6.45, 7) is 1.99. The third kappa shape index (κ3) is 1.92. The number of methoxy groups -OCH3 is 1. The van der Waals surface area contributed by atoms with E-state index in [0.717, 1.165) is 40.6 Å². The number of nitrogens with zero attached hydrogens (tertiary/aromatic N) is 1. The molecule has 1 aromatic rings. The van der Waals surface area contributed by atoms with Crippen LogP contribution in [0.15, 0.2) is 21.6 Å². The lowest BCUT2D eigenvalue weighted by Crippen LogP contribution is -2.32. The summed E-state index contributed by atoms with van der Waals surface area (Å²) in [5.74, 6) is 0.815. The maximum atomic E-state index is 10.6. The normalized spacial score (nSPS) is 16.9. The Bertz CT molecular complexity index is 488. The fourth-order valence-electron chi connectivity index (χ4n) is 2.30. The predicted octanol–water partition coefficient (Wildman–Crippen LogP) is 3.48. The molecular weight excluding hydrogens is 282 g/mol. The van der Waals surface area contributed by atoms with Gasteiger partial charge in [0, 0.05) is 0 Å². The van der Waals surface area contributed by atoms with E-state index in [1.54, 1.807) is 13.2 Å². The van der Waals surface area contributed by atoms with Crippen LogP contribution in [0.25, 0.3) is 0 Å². The Balaban J connectivity index is 2.56. The monoisotopic (exact) mass is 295 g/mol. The van der Waals surface area contributed by atoms with E-state index < -0.39 is 0 Å². The zero-order chi connectivity index (χ0) is 12.5. The van der Waals surface area contributed by atoms with Gasteiger partial charge in [-0.2, -0.15) is 4.99 Å². The minimum atomic E-state index is -0.387. The molecule has 90 valence electrons. The Morgan fingerprint density at radius 2 is 2.18 bits per heavy atom. The molecule has 0 aromatic heterocycles. The zero-order valence-corrected chi connectivity index (χ0v) is 11.5. The van der Waals surface area contributed by atoms with Gasteiger partial charge in [0.1, 0.15) is 5.75 Å². The van der Waals surface area contributed by atoms with E-state index in [2.05, 4.69) is 20.9 Å². The van der Waals surface area contributed by atoms with Crippen LogP contribution >= 0.6 is 15.9 Å². The van der Waals surface area contributed by atoms with Gasteiger partial charge in [-0.05, 0) is 53.2 Å². The van der Waals surface area contributed by atoms with E-state index in [-0.39, 0.29) is 5.54 Å². The smallest absolute Gasteiger partial charge is 0.235 e. The molecule has 1 saturated carbocycles. The minimum absolute atomic E-state index is 0.387. The van der Waals surface area contributed by atoms with Crippen LogP contribution in [-0.4, -0.2) is 13.2 Å². The number of ether oxygens (including phenoxy) is 1. The zero-order valence-electron chi connectivity index (χ0n) is 9.92. The maximum Gasteiger partial charge on any atom is 0.235 e. The van der Waals surface area contributed by atoms with Crippen molar-refractivity contribution in [2.45, 2.75) is 31.7 Å². The van der Waals surface area contributed by atoms with Crippen molar-refractivity contribution in [3.05, 3.63) is 27.7 Å². The third-order valence-electron chi connectivity index (χ3n) is 3.44. The van der Waals surface area contributed by atoms with Crippen LogP contribution in [0.2, 0.25) is 0 Å². The minimum Gasteiger partial charge on any atom is -0.495 e. The maximum absolute atomic E-state index is 10.6. The highest BCUT2D eigenvalue weighted by Gasteiger charge is 2.41. The van der Waals surface area contributed by atoms with Crippen LogP contribution in [0, 0.1) is 6.92 Å². The largest absolute Gasteiger partial charge is 0.495 e. The number of hydrogen-bond donors (Lipinski definition) is 0. The number of benzene rings is 1. The summed E-state index contributed by atoms with van der Waals surface area (Å²) in [7, 11) is 1.65. The van der Waals surface area contributed by atoms with Gasteiger partial charge in [0.25, 0.3) is 0 Å². The number of rotatable bonds is 3. The second-order valence-corrected chi connectivity index (χ2v) is 5.16. The molecule has 0 saturated heterocycles. The van der Waals surface area contributed by atoms with Gasteiger partial charge in [-0.1, -0.05) is 12.1 Å². The van der Waals surface area contributed by atoms with E-state index in [9.17, 15) is 4.79 Å². The molecule has 0 N–H and O–H groups in total. The van der Waals surface area contributed by atoms with Crippen LogP contribution in [0.3, 0.4) is 0 Å². The Kier molecular flexibility index (Phi) is 3.36. The molecule has 17 heavy (non-hydrogen) atoms. The summed E-state index contributed by atoms with van der Waals surface area (Å²) in [6.07, 6.45) is 4.58. The molecule has 0 bridgehead atoms. The second kappa shape index (κ2) is 4.63. The molecule has 0 amide bonds. The molecule has 3 nitrogen and oxygen atoms in total. The highest BCUT2D eigenvalue weighted by molar-refractivity contribution is 9.10. The first-order valence-corrected chi connectivity index (χ1v) is 6.36. The van der Waals surface area contributed by atoms with Gasteiger partial charge in [-0.25, -0.2) is 4.79 Å². The Morgan fingerprint density at radius 3 is 2.65 bits per heavy atom. The van der Waals surface area contributed by atoms with Gasteiger partial charge in [-0.3, -0.25) is 0 Å². The number of halogens is 1. The molecule has 0 unspecified atom stereocenters. The topological polar surface area (TPSA) is 38.7 Å². The van der Waals surface area contributed by atoms with Gasteiger partial charge in [0.2, 0.25) is 6.08 Å². The summed E-state index contributed by atoms with van der Waals surface area (Å²) in [6, 6.07) is 4.02. The fourth-order valence-corrected chi connectivity index (χ4v) is 3.28. The van der Waals surface area contributed by atoms with E-state index >= 15 is 0 Å². The van der Waals surface area contributed by atoms with Crippen molar-refractivity contribution in [3.8, 4) is 5.75 Å². The number of aryl methyl sites for hydroxylation is 1. The standard InChI is InChI=1S/C13H14BrNO2/c1-9-4-5-10(11(14)12(9)17-2)13(15-8-16)6-3-7-13/h4-5H,3,6-7H2,1-2H3. The highest BCUT2D eigenvalue weighted by atomic mass is 79.9. The lowest BCUT2D eigenvalue weighted by Gasteiger charge is -2.38. The first-order valence-electron chi connectivity index (χ1n) is 5.57. The average Bonchev–Trinajstić information content (AvgIpc) is 2.25. The summed E-state index contributed by atoms with van der Waals surface area (Å²) >= 11 is 3.56. The molecule has 0 heterocycles. The molecule has 1 aliphatic rings. The Hall–Kier alpha value is -1.12. The molecule has 0 radical (unpaired) electrons. The molecule has 1 aromatic carbocycles. The second-order valence-electron chi connectivity index (χ2n) is 4.37. The van der Waals surface area contributed by atoms with E-state index in [4.69, 9.17) is 4.74 Å². The molecule has 1 fully saturated rings. The number of isocyanates is 1. The van der Waals surface area contributed by atoms with Crippen LogP contribution in [-0.2, 0) is 10.3 Å². The summed E-state index contributed by atoms with van der Waals surface area (Å²) < 4.78 is 6.27. The molecule has 2 rings (SSSR count). The number of hydrogen-bond acceptors (Lipinski definition) is 3. The number of aliphatic imine (C=N–C) groups is 1. The lowest BCUT2D eigenvalue weighted by atomic mass is 9.72. The third-order valence-corrected chi connectivity index (χ3v) is 4.23. The molecule has 0 spiro atoms. The Morgan fingerprint density at radius 1 is 1.47 bits per heavy atom. The van der Waals surface area contributed by atoms with Crippen molar-refractivity contribution >= 4 is 22.0 Å². The first-order chi connectivity index (χ1) is 8.14. The molecule has 0 aliphatic heterocycles. The molecular formula is C13H14BrNO2. The van der Waals surface area contributed by atoms with Crippen molar-refractivity contribution < 1.29 is 9.53 Å². The van der Waals surface area contributed by atoms with Gasteiger partial charge in [0.15, 0.2) is 0 Å². The summed E-state index contributed by atoms with van der Waals surface area (Å²) in [5.41, 5.74) is 1.70. The van der Waals surface area contributed by atoms with Crippen molar-refractivity contribution in [3.63, 3.8) is 0 Å². The van der Waals surface area contributed by atoms with Crippen molar-refractivity contribution in [2.75, 3.05) is 7.11 Å². The van der Waals surface area contributed by atoms with Gasteiger partial charge in [0.05, 0.1) is 17.1 Å². The fraction of sp³-hybridized carbons (Fsp3) is 0.462. The van der Waals surface area contributed by atoms with E-state index in [1.165, 1.54) is 0 Å². The van der Waals surface area contributed by atoms with E-state index in [1.807, 2.05) is 19.1 Å². The van der Waals surface area contributed by atoms with Gasteiger partial charge in [-0.15, -0.1) is 0 Å². The van der Waals surface area contributed by atoms with Crippen molar-refractivity contribution in [1.29, 1.82) is 0 Å². The van der Waals surface area contributed by atoms with Gasteiger partial charge >= 0.3 is 0 Å². The van der Waals surface area contributed by atoms with Crippen LogP contribution in [0.4, 0.5) is 0 Å². The Labute approximate surface area is 109 Å². The van der Waals surface area contributed by atoms with Gasteiger partial charge < -0.3 is 4.74 Å². The predicted molar refractivity (Wildman–Crippen MR) is 69.1 cm³/mol. The SMILES string of the molecule is COc1c(C)ccc(C2(N=C=O)CCC2)c1Br. The number of carbonyl (C=O) groups excluding carboxylic acids is 1.